The molecule has 0 bridgehead atoms. The number of hydrogen-bond donors (Lipinski definition) is 1. The second-order valence-electron chi connectivity index (χ2n) is 3.31. The first kappa shape index (κ1) is 10.3. The predicted molar refractivity (Wildman–Crippen MR) is 54.6 cm³/mol. The fourth-order valence-corrected chi connectivity index (χ4v) is 1.43. The zero-order valence-corrected chi connectivity index (χ0v) is 8.80. The highest BCUT2D eigenvalue weighted by molar-refractivity contribution is 5.16. The van der Waals surface area contributed by atoms with Gasteiger partial charge in [-0.2, -0.15) is 5.10 Å². The van der Waals surface area contributed by atoms with Crippen LogP contribution in [-0.2, 0) is 20.0 Å². The molecule has 0 aliphatic rings. The van der Waals surface area contributed by atoms with Crippen molar-refractivity contribution in [2.24, 2.45) is 7.05 Å². The Morgan fingerprint density at radius 3 is 2.85 bits per heavy atom. The second-order valence-corrected chi connectivity index (χ2v) is 3.31. The Bertz CT molecular complexity index is 253. The average Bonchev–Trinajstić information content (AvgIpc) is 2.47. The van der Waals surface area contributed by atoms with Gasteiger partial charge in [0.1, 0.15) is 0 Å². The SMILES string of the molecule is CCCNCc1cn(C)nc1CC. The molecule has 13 heavy (non-hydrogen) atoms. The molecular weight excluding hydrogens is 162 g/mol. The van der Waals surface area contributed by atoms with Crippen molar-refractivity contribution in [1.29, 1.82) is 0 Å². The Hall–Kier alpha value is -0.830. The average molecular weight is 181 g/mol. The highest BCUT2D eigenvalue weighted by Gasteiger charge is 2.03. The van der Waals surface area contributed by atoms with Crippen LogP contribution in [0.5, 0.6) is 0 Å². The van der Waals surface area contributed by atoms with Gasteiger partial charge in [0.25, 0.3) is 0 Å². The number of nitrogens with zero attached hydrogens (tertiary/aromatic N) is 2. The van der Waals surface area contributed by atoms with Crippen LogP contribution in [0.2, 0.25) is 0 Å². The lowest BCUT2D eigenvalue weighted by molar-refractivity contribution is 0.671. The van der Waals surface area contributed by atoms with Crippen LogP contribution >= 0.6 is 0 Å². The second kappa shape index (κ2) is 5.02. The van der Waals surface area contributed by atoms with E-state index in [4.69, 9.17) is 0 Å². The van der Waals surface area contributed by atoms with Crippen LogP contribution in [0, 0.1) is 0 Å². The van der Waals surface area contributed by atoms with Gasteiger partial charge in [0, 0.05) is 25.4 Å². The summed E-state index contributed by atoms with van der Waals surface area (Å²) in [6.45, 7) is 6.35. The van der Waals surface area contributed by atoms with Crippen LogP contribution in [0.15, 0.2) is 6.20 Å². The van der Waals surface area contributed by atoms with Crippen molar-refractivity contribution < 1.29 is 0 Å². The van der Waals surface area contributed by atoms with Crippen molar-refractivity contribution in [2.75, 3.05) is 6.54 Å². The van der Waals surface area contributed by atoms with E-state index in [0.29, 0.717) is 0 Å². The maximum absolute atomic E-state index is 4.38. The summed E-state index contributed by atoms with van der Waals surface area (Å²) in [7, 11) is 1.97. The first-order valence-corrected chi connectivity index (χ1v) is 5.00. The van der Waals surface area contributed by atoms with E-state index in [9.17, 15) is 0 Å². The van der Waals surface area contributed by atoms with Crippen molar-refractivity contribution in [2.45, 2.75) is 33.2 Å². The fourth-order valence-electron chi connectivity index (χ4n) is 1.43. The molecule has 0 radical (unpaired) electrons. The maximum atomic E-state index is 4.38. The molecule has 0 fully saturated rings. The van der Waals surface area contributed by atoms with Gasteiger partial charge in [-0.05, 0) is 19.4 Å². The highest BCUT2D eigenvalue weighted by atomic mass is 15.3. The van der Waals surface area contributed by atoms with Crippen molar-refractivity contribution in [1.82, 2.24) is 15.1 Å². The van der Waals surface area contributed by atoms with Crippen LogP contribution in [0.4, 0.5) is 0 Å². The Balaban J connectivity index is 2.53. The van der Waals surface area contributed by atoms with Crippen LogP contribution in [0.3, 0.4) is 0 Å². The monoisotopic (exact) mass is 181 g/mol. The molecule has 0 saturated carbocycles. The molecule has 1 rings (SSSR count). The van der Waals surface area contributed by atoms with Crippen LogP contribution in [-0.4, -0.2) is 16.3 Å². The maximum Gasteiger partial charge on any atom is 0.0666 e. The minimum Gasteiger partial charge on any atom is -0.313 e. The number of rotatable bonds is 5. The van der Waals surface area contributed by atoms with Gasteiger partial charge in [-0.1, -0.05) is 13.8 Å². The Morgan fingerprint density at radius 1 is 1.46 bits per heavy atom. The summed E-state index contributed by atoms with van der Waals surface area (Å²) in [6, 6.07) is 0. The fraction of sp³-hybridized carbons (Fsp3) is 0.700. The van der Waals surface area contributed by atoms with Gasteiger partial charge in [-0.3, -0.25) is 4.68 Å². The summed E-state index contributed by atoms with van der Waals surface area (Å²) in [4.78, 5) is 0. The summed E-state index contributed by atoms with van der Waals surface area (Å²) in [5.41, 5.74) is 2.55. The van der Waals surface area contributed by atoms with E-state index in [2.05, 4.69) is 30.5 Å². The van der Waals surface area contributed by atoms with Gasteiger partial charge < -0.3 is 5.32 Å². The molecule has 0 amide bonds. The standard InChI is InChI=1S/C10H19N3/c1-4-6-11-7-9-8-13(3)12-10(9)5-2/h8,11H,4-7H2,1-3H3. The van der Waals surface area contributed by atoms with Gasteiger partial charge in [0.05, 0.1) is 5.69 Å². The molecule has 0 aliphatic heterocycles. The molecule has 1 aromatic rings. The van der Waals surface area contributed by atoms with Gasteiger partial charge in [-0.15, -0.1) is 0 Å². The van der Waals surface area contributed by atoms with E-state index < -0.39 is 0 Å². The Morgan fingerprint density at radius 2 is 2.23 bits per heavy atom. The Kier molecular flexibility index (Phi) is 3.96. The third-order valence-electron chi connectivity index (χ3n) is 2.07. The van der Waals surface area contributed by atoms with E-state index in [1.807, 2.05) is 11.7 Å². The van der Waals surface area contributed by atoms with Crippen LogP contribution in [0.1, 0.15) is 31.5 Å². The minimum atomic E-state index is 0.949. The van der Waals surface area contributed by atoms with E-state index >= 15 is 0 Å². The first-order chi connectivity index (χ1) is 6.27. The van der Waals surface area contributed by atoms with Crippen molar-refractivity contribution >= 4 is 0 Å². The summed E-state index contributed by atoms with van der Waals surface area (Å²) in [5.74, 6) is 0. The Labute approximate surface area is 80.1 Å². The topological polar surface area (TPSA) is 29.9 Å². The number of aromatic nitrogens is 2. The van der Waals surface area contributed by atoms with E-state index in [0.717, 1.165) is 19.5 Å². The molecule has 1 N–H and O–H groups in total. The van der Waals surface area contributed by atoms with Crippen molar-refractivity contribution in [3.05, 3.63) is 17.5 Å². The lowest BCUT2D eigenvalue weighted by atomic mass is 10.2. The van der Waals surface area contributed by atoms with Crippen molar-refractivity contribution in [3.63, 3.8) is 0 Å². The van der Waals surface area contributed by atoms with E-state index in [-0.39, 0.29) is 0 Å². The smallest absolute Gasteiger partial charge is 0.0666 e. The highest BCUT2D eigenvalue weighted by Crippen LogP contribution is 2.06. The zero-order chi connectivity index (χ0) is 9.68. The number of hydrogen-bond acceptors (Lipinski definition) is 2. The largest absolute Gasteiger partial charge is 0.313 e. The third-order valence-corrected chi connectivity index (χ3v) is 2.07. The molecule has 1 heterocycles. The van der Waals surface area contributed by atoms with Gasteiger partial charge in [0.2, 0.25) is 0 Å². The van der Waals surface area contributed by atoms with Gasteiger partial charge in [-0.25, -0.2) is 0 Å². The first-order valence-electron chi connectivity index (χ1n) is 5.00. The molecule has 0 saturated heterocycles. The molecule has 1 aromatic heterocycles. The molecule has 0 unspecified atom stereocenters. The molecule has 3 heteroatoms. The summed E-state index contributed by atoms with van der Waals surface area (Å²) in [5, 5.41) is 7.77. The van der Waals surface area contributed by atoms with Crippen molar-refractivity contribution in [3.8, 4) is 0 Å². The molecule has 3 nitrogen and oxygen atoms in total. The third kappa shape index (κ3) is 2.84. The van der Waals surface area contributed by atoms with Gasteiger partial charge >= 0.3 is 0 Å². The normalized spacial score (nSPS) is 10.7. The number of aryl methyl sites for hydroxylation is 2. The number of nitrogens with one attached hydrogen (secondary N) is 1. The van der Waals surface area contributed by atoms with Crippen LogP contribution in [0.25, 0.3) is 0 Å². The molecule has 0 atom stereocenters. The molecular formula is C10H19N3. The lowest BCUT2D eigenvalue weighted by Gasteiger charge is -2.01. The zero-order valence-electron chi connectivity index (χ0n) is 8.80. The molecule has 0 spiro atoms. The predicted octanol–water partition coefficient (Wildman–Crippen LogP) is 1.48. The summed E-state index contributed by atoms with van der Waals surface area (Å²) >= 11 is 0. The molecule has 74 valence electrons. The molecule has 0 aromatic carbocycles. The summed E-state index contributed by atoms with van der Waals surface area (Å²) < 4.78 is 1.89. The summed E-state index contributed by atoms with van der Waals surface area (Å²) in [6.07, 6.45) is 4.30. The lowest BCUT2D eigenvalue weighted by Crippen LogP contribution is -2.14. The van der Waals surface area contributed by atoms with Crippen LogP contribution < -0.4 is 5.32 Å². The van der Waals surface area contributed by atoms with E-state index in [1.54, 1.807) is 0 Å². The van der Waals surface area contributed by atoms with Gasteiger partial charge in [0.15, 0.2) is 0 Å². The minimum absolute atomic E-state index is 0.949. The van der Waals surface area contributed by atoms with E-state index in [1.165, 1.54) is 17.7 Å². The quantitative estimate of drug-likeness (QED) is 0.697. The molecule has 0 aliphatic carbocycles.